The van der Waals surface area contributed by atoms with Crippen molar-refractivity contribution in [1.82, 2.24) is 29.7 Å². The molecular formula is C13H20N8. The van der Waals surface area contributed by atoms with Crippen molar-refractivity contribution in [2.75, 3.05) is 24.2 Å². The van der Waals surface area contributed by atoms with Crippen LogP contribution in [-0.2, 0) is 0 Å². The summed E-state index contributed by atoms with van der Waals surface area (Å²) in [6.45, 7) is 3.13. The second-order valence-electron chi connectivity index (χ2n) is 5.48. The Balaban J connectivity index is 1.77. The van der Waals surface area contributed by atoms with Crippen LogP contribution in [0.5, 0.6) is 0 Å². The lowest BCUT2D eigenvalue weighted by molar-refractivity contribution is 0.484. The van der Waals surface area contributed by atoms with E-state index in [1.807, 2.05) is 0 Å². The van der Waals surface area contributed by atoms with Crippen molar-refractivity contribution in [2.45, 2.75) is 32.6 Å². The van der Waals surface area contributed by atoms with Gasteiger partial charge in [-0.3, -0.25) is 0 Å². The molecule has 1 fully saturated rings. The zero-order valence-corrected chi connectivity index (χ0v) is 12.4. The maximum absolute atomic E-state index is 4.40. The SMILES string of the molecule is CCCC1(CNc2nc(NC)nc(-n3cncn3)n2)CC1. The van der Waals surface area contributed by atoms with Crippen molar-refractivity contribution in [3.05, 3.63) is 12.7 Å². The molecule has 1 aliphatic carbocycles. The molecule has 0 spiro atoms. The highest BCUT2D eigenvalue weighted by Gasteiger charge is 2.41. The van der Waals surface area contributed by atoms with E-state index in [2.05, 4.69) is 42.6 Å². The van der Waals surface area contributed by atoms with E-state index >= 15 is 0 Å². The number of nitrogens with one attached hydrogen (secondary N) is 2. The average Bonchev–Trinajstić information content (AvgIpc) is 3.05. The highest BCUT2D eigenvalue weighted by molar-refractivity contribution is 5.37. The minimum absolute atomic E-state index is 0.439. The molecule has 112 valence electrons. The van der Waals surface area contributed by atoms with Gasteiger partial charge >= 0.3 is 0 Å². The van der Waals surface area contributed by atoms with Gasteiger partial charge in [0.25, 0.3) is 5.95 Å². The van der Waals surface area contributed by atoms with Gasteiger partial charge in [0.2, 0.25) is 11.9 Å². The summed E-state index contributed by atoms with van der Waals surface area (Å²) in [5.74, 6) is 1.54. The first-order valence-corrected chi connectivity index (χ1v) is 7.27. The molecular weight excluding hydrogens is 268 g/mol. The molecule has 0 atom stereocenters. The first-order valence-electron chi connectivity index (χ1n) is 7.27. The molecule has 8 nitrogen and oxygen atoms in total. The lowest BCUT2D eigenvalue weighted by atomic mass is 10.0. The fraction of sp³-hybridized carbons (Fsp3) is 0.615. The molecule has 8 heteroatoms. The Bertz CT molecular complexity index is 590. The van der Waals surface area contributed by atoms with Crippen LogP contribution in [-0.4, -0.2) is 43.3 Å². The molecule has 0 aliphatic heterocycles. The first kappa shape index (κ1) is 13.7. The van der Waals surface area contributed by atoms with Gasteiger partial charge in [-0.05, 0) is 24.7 Å². The van der Waals surface area contributed by atoms with E-state index in [0.29, 0.717) is 23.3 Å². The number of rotatable bonds is 7. The summed E-state index contributed by atoms with van der Waals surface area (Å²) in [7, 11) is 1.78. The first-order chi connectivity index (χ1) is 10.2. The van der Waals surface area contributed by atoms with Crippen molar-refractivity contribution in [2.24, 2.45) is 5.41 Å². The van der Waals surface area contributed by atoms with Gasteiger partial charge in [0.05, 0.1) is 0 Å². The second-order valence-corrected chi connectivity index (χ2v) is 5.48. The average molecular weight is 288 g/mol. The fourth-order valence-corrected chi connectivity index (χ4v) is 2.46. The van der Waals surface area contributed by atoms with E-state index in [1.54, 1.807) is 13.4 Å². The molecule has 2 aromatic rings. The Hall–Kier alpha value is -2.25. The van der Waals surface area contributed by atoms with E-state index in [-0.39, 0.29) is 0 Å². The highest BCUT2D eigenvalue weighted by atomic mass is 15.4. The van der Waals surface area contributed by atoms with Crippen LogP contribution < -0.4 is 10.6 Å². The Labute approximate surface area is 123 Å². The zero-order chi connectivity index (χ0) is 14.7. The van der Waals surface area contributed by atoms with E-state index in [4.69, 9.17) is 0 Å². The largest absolute Gasteiger partial charge is 0.357 e. The summed E-state index contributed by atoms with van der Waals surface area (Å²) in [5, 5.41) is 10.3. The maximum atomic E-state index is 4.40. The fourth-order valence-electron chi connectivity index (χ4n) is 2.46. The molecule has 21 heavy (non-hydrogen) atoms. The Morgan fingerprint density at radius 2 is 2.05 bits per heavy atom. The van der Waals surface area contributed by atoms with Gasteiger partial charge in [-0.2, -0.15) is 24.7 Å². The molecule has 1 aliphatic rings. The highest BCUT2D eigenvalue weighted by Crippen LogP contribution is 2.49. The van der Waals surface area contributed by atoms with Crippen molar-refractivity contribution in [3.8, 4) is 5.95 Å². The van der Waals surface area contributed by atoms with E-state index < -0.39 is 0 Å². The Morgan fingerprint density at radius 1 is 1.24 bits per heavy atom. The molecule has 2 aromatic heterocycles. The third-order valence-electron chi connectivity index (χ3n) is 3.83. The normalized spacial score (nSPS) is 15.7. The summed E-state index contributed by atoms with van der Waals surface area (Å²) in [6.07, 6.45) is 8.06. The predicted octanol–water partition coefficient (Wildman–Crippen LogP) is 1.49. The second kappa shape index (κ2) is 5.63. The molecule has 0 aromatic carbocycles. The predicted molar refractivity (Wildman–Crippen MR) is 79.4 cm³/mol. The van der Waals surface area contributed by atoms with Gasteiger partial charge < -0.3 is 10.6 Å². The van der Waals surface area contributed by atoms with Crippen LogP contribution in [0, 0.1) is 5.41 Å². The van der Waals surface area contributed by atoms with Gasteiger partial charge in [0, 0.05) is 13.6 Å². The van der Waals surface area contributed by atoms with Gasteiger partial charge in [-0.15, -0.1) is 0 Å². The zero-order valence-electron chi connectivity index (χ0n) is 12.4. The molecule has 2 N–H and O–H groups in total. The van der Waals surface area contributed by atoms with Gasteiger partial charge in [0.1, 0.15) is 12.7 Å². The lowest BCUT2D eigenvalue weighted by Gasteiger charge is -2.15. The molecule has 3 rings (SSSR count). The monoisotopic (exact) mass is 288 g/mol. The molecule has 0 saturated heterocycles. The molecule has 0 radical (unpaired) electrons. The molecule has 0 unspecified atom stereocenters. The van der Waals surface area contributed by atoms with Crippen LogP contribution in [0.3, 0.4) is 0 Å². The van der Waals surface area contributed by atoms with Crippen LogP contribution in [0.15, 0.2) is 12.7 Å². The van der Waals surface area contributed by atoms with E-state index in [1.165, 1.54) is 36.7 Å². The molecule has 0 bridgehead atoms. The van der Waals surface area contributed by atoms with Crippen molar-refractivity contribution in [3.63, 3.8) is 0 Å². The minimum atomic E-state index is 0.439. The third kappa shape index (κ3) is 3.09. The Morgan fingerprint density at radius 3 is 2.67 bits per heavy atom. The van der Waals surface area contributed by atoms with Crippen LogP contribution in [0.1, 0.15) is 32.6 Å². The van der Waals surface area contributed by atoms with Crippen LogP contribution in [0.2, 0.25) is 0 Å². The number of aromatic nitrogens is 6. The van der Waals surface area contributed by atoms with E-state index in [9.17, 15) is 0 Å². The van der Waals surface area contributed by atoms with Crippen LogP contribution in [0.4, 0.5) is 11.9 Å². The van der Waals surface area contributed by atoms with Gasteiger partial charge in [-0.1, -0.05) is 13.3 Å². The smallest absolute Gasteiger partial charge is 0.258 e. The number of hydrogen-bond donors (Lipinski definition) is 2. The topological polar surface area (TPSA) is 93.4 Å². The lowest BCUT2D eigenvalue weighted by Crippen LogP contribution is -2.18. The van der Waals surface area contributed by atoms with Crippen molar-refractivity contribution >= 4 is 11.9 Å². The standard InChI is InChI=1S/C13H20N8/c1-3-4-13(5-6-13)7-16-11-18-10(14-2)19-12(20-11)21-9-15-8-17-21/h8-9H,3-7H2,1-2H3,(H2,14,16,18,19,20). The number of anilines is 2. The maximum Gasteiger partial charge on any atom is 0.258 e. The van der Waals surface area contributed by atoms with Crippen molar-refractivity contribution < 1.29 is 0 Å². The number of nitrogens with zero attached hydrogens (tertiary/aromatic N) is 6. The third-order valence-corrected chi connectivity index (χ3v) is 3.83. The molecule has 1 saturated carbocycles. The summed E-state index contributed by atoms with van der Waals surface area (Å²) in [6, 6.07) is 0. The minimum Gasteiger partial charge on any atom is -0.357 e. The molecule has 0 amide bonds. The summed E-state index contributed by atoms with van der Waals surface area (Å²) >= 11 is 0. The van der Waals surface area contributed by atoms with E-state index in [0.717, 1.165) is 6.54 Å². The van der Waals surface area contributed by atoms with Crippen molar-refractivity contribution in [1.29, 1.82) is 0 Å². The van der Waals surface area contributed by atoms with Gasteiger partial charge in [0.15, 0.2) is 0 Å². The van der Waals surface area contributed by atoms with Crippen LogP contribution in [0.25, 0.3) is 5.95 Å². The Kier molecular flexibility index (Phi) is 3.68. The summed E-state index contributed by atoms with van der Waals surface area (Å²) in [5.41, 5.74) is 0.439. The quantitative estimate of drug-likeness (QED) is 0.797. The number of hydrogen-bond acceptors (Lipinski definition) is 7. The van der Waals surface area contributed by atoms with Crippen LogP contribution >= 0.6 is 0 Å². The molecule has 2 heterocycles. The summed E-state index contributed by atoms with van der Waals surface area (Å²) in [4.78, 5) is 16.9. The summed E-state index contributed by atoms with van der Waals surface area (Å²) < 4.78 is 1.52. The van der Waals surface area contributed by atoms with Gasteiger partial charge in [-0.25, -0.2) is 4.98 Å².